The first kappa shape index (κ1) is 37.9. The van der Waals surface area contributed by atoms with Crippen molar-refractivity contribution in [3.05, 3.63) is 95.6 Å². The fraction of sp³-hybridized carbons (Fsp3) is 0.281. The average Bonchev–Trinajstić information content (AvgIpc) is 3.08. The topological polar surface area (TPSA) is 235 Å². The Morgan fingerprint density at radius 1 is 1.02 bits per heavy atom. The maximum Gasteiger partial charge on any atom is 0.337 e. The van der Waals surface area contributed by atoms with Gasteiger partial charge in [-0.2, -0.15) is 5.10 Å². The van der Waals surface area contributed by atoms with Crippen molar-refractivity contribution < 1.29 is 48.2 Å². The van der Waals surface area contributed by atoms with Crippen LogP contribution < -0.4 is 35.0 Å². The molecule has 4 rings (SSSR count). The minimum absolute atomic E-state index is 0.0821. The predicted octanol–water partition coefficient (Wildman–Crippen LogP) is 4.98. The molecule has 4 N–H and O–H groups in total. The van der Waals surface area contributed by atoms with Crippen LogP contribution in [0, 0.1) is 20.2 Å². The number of urea groups is 1. The molecule has 0 aliphatic carbocycles. The first-order valence-corrected chi connectivity index (χ1v) is 16.0. The van der Waals surface area contributed by atoms with Crippen LogP contribution in [-0.4, -0.2) is 66.3 Å². The summed E-state index contributed by atoms with van der Waals surface area (Å²) in [4.78, 5) is 45.8. The summed E-state index contributed by atoms with van der Waals surface area (Å²) in [5.74, 6) is -0.00661. The number of rotatable bonds is 16. The van der Waals surface area contributed by atoms with Gasteiger partial charge in [0.1, 0.15) is 6.61 Å². The molecule has 0 saturated carbocycles. The number of esters is 1. The molecule has 0 fully saturated rings. The van der Waals surface area contributed by atoms with Crippen molar-refractivity contribution in [1.82, 2.24) is 16.1 Å². The number of nitrogens with one attached hydrogen (secondary N) is 3. The van der Waals surface area contributed by atoms with Gasteiger partial charge in [0.2, 0.25) is 5.75 Å². The summed E-state index contributed by atoms with van der Waals surface area (Å²) in [5.41, 5.74) is 3.05. The molecule has 3 aromatic carbocycles. The van der Waals surface area contributed by atoms with Crippen molar-refractivity contribution in [2.24, 2.45) is 5.10 Å². The predicted molar refractivity (Wildman–Crippen MR) is 184 cm³/mol. The Balaban J connectivity index is 1.46. The number of halogens is 1. The molecule has 1 aliphatic heterocycles. The molecule has 0 radical (unpaired) electrons. The molecule has 19 heteroatoms. The number of hydrogen-bond acceptors (Lipinski definition) is 14. The van der Waals surface area contributed by atoms with E-state index in [9.17, 15) is 34.9 Å². The lowest BCUT2D eigenvalue weighted by atomic mass is 9.95. The molecule has 0 unspecified atom stereocenters. The zero-order valence-electron chi connectivity index (χ0n) is 27.6. The summed E-state index contributed by atoms with van der Waals surface area (Å²) in [5, 5.41) is 42.5. The summed E-state index contributed by atoms with van der Waals surface area (Å²) >= 11 is 3.37. The number of nitrogens with zero attached hydrogens (tertiary/aromatic N) is 3. The van der Waals surface area contributed by atoms with Gasteiger partial charge >= 0.3 is 17.7 Å². The number of carbonyl (C=O) groups excluding carboxylic acids is 2. The minimum atomic E-state index is -1.28. The van der Waals surface area contributed by atoms with Crippen molar-refractivity contribution in [2.75, 3.05) is 26.9 Å². The third-order valence-corrected chi connectivity index (χ3v) is 7.59. The SMILES string of the molecule is CCOc1cc([C@H]2NC(=O)NC(C)=C2C(=O)OC)ccc1OC[C@H](O)N/N=C/c1cc(Br)c(Oc2ccc([N+](=O)[O-])cc2[N+](=O)[O-])c(OCC)c1. The molecular weight excluding hydrogens is 740 g/mol. The molecule has 0 aromatic heterocycles. The van der Waals surface area contributed by atoms with Gasteiger partial charge in [0.25, 0.3) is 5.69 Å². The summed E-state index contributed by atoms with van der Waals surface area (Å²) in [6.07, 6.45) is 0.0900. The molecule has 51 heavy (non-hydrogen) atoms. The number of methoxy groups -OCH3 is 1. The Morgan fingerprint density at radius 3 is 2.39 bits per heavy atom. The van der Waals surface area contributed by atoms with Crippen LogP contribution in [0.5, 0.6) is 28.7 Å². The van der Waals surface area contributed by atoms with E-state index in [0.717, 1.165) is 18.2 Å². The van der Waals surface area contributed by atoms with Crippen LogP contribution in [0.2, 0.25) is 0 Å². The molecule has 0 saturated heterocycles. The lowest BCUT2D eigenvalue weighted by Crippen LogP contribution is -2.45. The Labute approximate surface area is 298 Å². The first-order valence-electron chi connectivity index (χ1n) is 15.2. The van der Waals surface area contributed by atoms with Crippen LogP contribution in [0.15, 0.2) is 69.4 Å². The largest absolute Gasteiger partial charge is 0.490 e. The number of ether oxygens (including phenoxy) is 5. The van der Waals surface area contributed by atoms with Gasteiger partial charge in [-0.3, -0.25) is 25.7 Å². The molecular formula is C32H33BrN6O12. The fourth-order valence-electron chi connectivity index (χ4n) is 4.80. The molecule has 0 bridgehead atoms. The van der Waals surface area contributed by atoms with E-state index >= 15 is 0 Å². The van der Waals surface area contributed by atoms with Gasteiger partial charge in [-0.15, -0.1) is 0 Å². The quantitative estimate of drug-likeness (QED) is 0.0495. The highest BCUT2D eigenvalue weighted by molar-refractivity contribution is 9.10. The number of benzene rings is 3. The van der Waals surface area contributed by atoms with E-state index in [1.54, 1.807) is 45.0 Å². The summed E-state index contributed by atoms with van der Waals surface area (Å²) in [6, 6.07) is 9.66. The normalized spacial score (nSPS) is 14.6. The van der Waals surface area contributed by atoms with Crippen molar-refractivity contribution >= 4 is 45.5 Å². The Kier molecular flexibility index (Phi) is 12.7. The standard InChI is InChI=1S/C32H33BrN6O12/c1-5-48-25-13-19(29-28(31(41)47-4)17(3)35-32(42)36-29)7-9-24(25)50-16-27(40)37-34-15-18-11-21(33)30(26(12-18)49-6-2)51-23-10-8-20(38(43)44)14-22(23)39(45)46/h7-15,27,29,37,40H,5-6,16H2,1-4H3,(H2,35,36,42)/b34-15+/t27-,29+/m0/s1. The molecule has 0 spiro atoms. The van der Waals surface area contributed by atoms with E-state index in [-0.39, 0.29) is 48.4 Å². The van der Waals surface area contributed by atoms with Gasteiger partial charge in [-0.05, 0) is 78.2 Å². The lowest BCUT2D eigenvalue weighted by Gasteiger charge is -2.28. The molecule has 1 heterocycles. The van der Waals surface area contributed by atoms with E-state index in [0.29, 0.717) is 27.0 Å². The maximum absolute atomic E-state index is 12.5. The summed E-state index contributed by atoms with van der Waals surface area (Å²) in [6.45, 7) is 5.30. The molecule has 18 nitrogen and oxygen atoms in total. The highest BCUT2D eigenvalue weighted by Crippen LogP contribution is 2.43. The van der Waals surface area contributed by atoms with E-state index in [1.165, 1.54) is 19.4 Å². The molecule has 3 aromatic rings. The van der Waals surface area contributed by atoms with Crippen LogP contribution in [0.1, 0.15) is 37.9 Å². The minimum Gasteiger partial charge on any atom is -0.490 e. The zero-order valence-corrected chi connectivity index (χ0v) is 29.2. The monoisotopic (exact) mass is 772 g/mol. The number of aliphatic hydroxyl groups excluding tert-OH is 1. The van der Waals surface area contributed by atoms with Crippen molar-refractivity contribution in [2.45, 2.75) is 33.0 Å². The number of nitro benzene ring substituents is 2. The smallest absolute Gasteiger partial charge is 0.337 e. The van der Waals surface area contributed by atoms with Crippen LogP contribution in [-0.2, 0) is 9.53 Å². The Morgan fingerprint density at radius 2 is 1.73 bits per heavy atom. The second kappa shape index (κ2) is 17.1. The number of non-ortho nitro benzene ring substituents is 1. The van der Waals surface area contributed by atoms with Gasteiger partial charge in [0.15, 0.2) is 29.2 Å². The third kappa shape index (κ3) is 9.40. The highest BCUT2D eigenvalue weighted by Gasteiger charge is 2.32. The van der Waals surface area contributed by atoms with E-state index in [4.69, 9.17) is 23.7 Å². The van der Waals surface area contributed by atoms with Crippen molar-refractivity contribution in [1.29, 1.82) is 0 Å². The molecule has 1 aliphatic rings. The summed E-state index contributed by atoms with van der Waals surface area (Å²) < 4.78 is 28.2. The number of allylic oxidation sites excluding steroid dienone is 1. The number of aliphatic hydroxyl groups is 1. The van der Waals surface area contributed by atoms with Gasteiger partial charge < -0.3 is 39.4 Å². The lowest BCUT2D eigenvalue weighted by molar-refractivity contribution is -0.394. The molecule has 2 atom stereocenters. The number of hydrogen-bond donors (Lipinski definition) is 4. The molecule has 2 amide bonds. The summed E-state index contributed by atoms with van der Waals surface area (Å²) in [7, 11) is 1.24. The molecule has 270 valence electrons. The number of carbonyl (C=O) groups is 2. The number of nitro groups is 2. The highest BCUT2D eigenvalue weighted by atomic mass is 79.9. The van der Waals surface area contributed by atoms with Crippen LogP contribution in [0.25, 0.3) is 0 Å². The Hall–Kier alpha value is -5.95. The second-order valence-corrected chi connectivity index (χ2v) is 11.3. The number of hydrazone groups is 1. The average molecular weight is 774 g/mol. The van der Waals surface area contributed by atoms with E-state index in [2.05, 4.69) is 37.1 Å². The van der Waals surface area contributed by atoms with E-state index in [1.807, 2.05) is 0 Å². The van der Waals surface area contributed by atoms with Gasteiger partial charge in [-0.1, -0.05) is 6.07 Å². The van der Waals surface area contributed by atoms with Crippen molar-refractivity contribution in [3.8, 4) is 28.7 Å². The van der Waals surface area contributed by atoms with Gasteiger partial charge in [0, 0.05) is 11.8 Å². The number of amides is 2. The first-order chi connectivity index (χ1) is 24.4. The fourth-order valence-corrected chi connectivity index (χ4v) is 5.34. The second-order valence-electron chi connectivity index (χ2n) is 10.4. The van der Waals surface area contributed by atoms with Crippen molar-refractivity contribution in [3.63, 3.8) is 0 Å². The van der Waals surface area contributed by atoms with Crippen LogP contribution in [0.3, 0.4) is 0 Å². The van der Waals surface area contributed by atoms with Gasteiger partial charge in [0.05, 0.1) is 58.5 Å². The van der Waals surface area contributed by atoms with Crippen LogP contribution >= 0.6 is 15.9 Å². The third-order valence-electron chi connectivity index (χ3n) is 7.00. The van der Waals surface area contributed by atoms with Gasteiger partial charge in [-0.25, -0.2) is 9.59 Å². The van der Waals surface area contributed by atoms with E-state index < -0.39 is 45.5 Å². The Bertz CT molecular complexity index is 1890. The maximum atomic E-state index is 12.5. The zero-order chi connectivity index (χ0) is 37.2. The van der Waals surface area contributed by atoms with Crippen LogP contribution in [0.4, 0.5) is 16.2 Å².